The van der Waals surface area contributed by atoms with Gasteiger partial charge < -0.3 is 10.2 Å². The zero-order valence-corrected chi connectivity index (χ0v) is 25.6. The Labute approximate surface area is 244 Å². The Bertz CT molecular complexity index is 1420. The molecular formula is C29H33BrClN3O4S. The van der Waals surface area contributed by atoms with Crippen LogP contribution in [0.3, 0.4) is 0 Å². The molecule has 0 saturated heterocycles. The number of amides is 2. The SMILES string of the molecule is CC[C@@H](C)NC(=O)[C@@H](C)N(Cc1cccc(Br)c1)C(=O)CN(c1ccccc1Cl)S(=O)(=O)c1ccc(C)cc1. The molecule has 0 aromatic heterocycles. The van der Waals surface area contributed by atoms with Gasteiger partial charge in [0.15, 0.2) is 0 Å². The molecule has 0 aliphatic heterocycles. The van der Waals surface area contributed by atoms with Crippen LogP contribution in [0.25, 0.3) is 0 Å². The zero-order valence-electron chi connectivity index (χ0n) is 22.4. The smallest absolute Gasteiger partial charge is 0.264 e. The predicted molar refractivity (Wildman–Crippen MR) is 159 cm³/mol. The number of sulfonamides is 1. The van der Waals surface area contributed by atoms with Crippen LogP contribution in [0.15, 0.2) is 82.2 Å². The molecule has 3 aromatic rings. The highest BCUT2D eigenvalue weighted by Gasteiger charge is 2.33. The van der Waals surface area contributed by atoms with Crippen molar-refractivity contribution in [1.82, 2.24) is 10.2 Å². The van der Waals surface area contributed by atoms with E-state index in [-0.39, 0.29) is 34.1 Å². The fourth-order valence-corrected chi connectivity index (χ4v) is 6.05. The Morgan fingerprint density at radius 1 is 1.00 bits per heavy atom. The summed E-state index contributed by atoms with van der Waals surface area (Å²) in [5, 5.41) is 3.10. The number of aryl methyl sites for hydroxylation is 1. The fourth-order valence-electron chi connectivity index (χ4n) is 3.88. The van der Waals surface area contributed by atoms with Gasteiger partial charge in [-0.2, -0.15) is 0 Å². The van der Waals surface area contributed by atoms with Crippen LogP contribution in [0.2, 0.25) is 5.02 Å². The number of para-hydroxylation sites is 1. The van der Waals surface area contributed by atoms with Crippen molar-refractivity contribution in [3.63, 3.8) is 0 Å². The first-order valence-electron chi connectivity index (χ1n) is 12.6. The van der Waals surface area contributed by atoms with E-state index in [0.717, 1.165) is 26.3 Å². The van der Waals surface area contributed by atoms with Crippen molar-refractivity contribution >= 4 is 55.1 Å². The minimum atomic E-state index is -4.18. The third-order valence-corrected chi connectivity index (χ3v) is 9.01. The molecule has 0 fully saturated rings. The maximum absolute atomic E-state index is 13.9. The number of carbonyl (C=O) groups excluding carboxylic acids is 2. The largest absolute Gasteiger partial charge is 0.352 e. The zero-order chi connectivity index (χ0) is 28.7. The Balaban J connectivity index is 2.04. The quantitative estimate of drug-likeness (QED) is 0.283. The first kappa shape index (κ1) is 30.7. The van der Waals surface area contributed by atoms with Gasteiger partial charge >= 0.3 is 0 Å². The molecule has 10 heteroatoms. The number of benzene rings is 3. The minimum absolute atomic E-state index is 0.0296. The topological polar surface area (TPSA) is 86.8 Å². The summed E-state index contributed by atoms with van der Waals surface area (Å²) < 4.78 is 29.5. The average Bonchev–Trinajstić information content (AvgIpc) is 2.90. The van der Waals surface area contributed by atoms with Gasteiger partial charge in [-0.05, 0) is 69.2 Å². The number of hydrogen-bond acceptors (Lipinski definition) is 4. The molecular weight excluding hydrogens is 602 g/mol. The number of hydrogen-bond donors (Lipinski definition) is 1. The summed E-state index contributed by atoms with van der Waals surface area (Å²) >= 11 is 9.88. The van der Waals surface area contributed by atoms with E-state index in [1.54, 1.807) is 43.3 Å². The number of nitrogens with zero attached hydrogens (tertiary/aromatic N) is 2. The molecule has 2 amide bonds. The van der Waals surface area contributed by atoms with E-state index in [9.17, 15) is 18.0 Å². The van der Waals surface area contributed by atoms with Crippen molar-refractivity contribution in [2.45, 2.75) is 57.6 Å². The van der Waals surface area contributed by atoms with Crippen LogP contribution < -0.4 is 9.62 Å². The van der Waals surface area contributed by atoms with Gasteiger partial charge in [0.05, 0.1) is 15.6 Å². The number of anilines is 1. The molecule has 39 heavy (non-hydrogen) atoms. The lowest BCUT2D eigenvalue weighted by molar-refractivity contribution is -0.139. The lowest BCUT2D eigenvalue weighted by Gasteiger charge is -2.32. The molecule has 3 aromatic carbocycles. The predicted octanol–water partition coefficient (Wildman–Crippen LogP) is 5.94. The Morgan fingerprint density at radius 3 is 2.28 bits per heavy atom. The lowest BCUT2D eigenvalue weighted by Crippen LogP contribution is -2.52. The summed E-state index contributed by atoms with van der Waals surface area (Å²) in [6.07, 6.45) is 0.729. The molecule has 0 spiro atoms. The van der Waals surface area contributed by atoms with Gasteiger partial charge in [0.1, 0.15) is 12.6 Å². The van der Waals surface area contributed by atoms with Crippen molar-refractivity contribution < 1.29 is 18.0 Å². The van der Waals surface area contributed by atoms with Crippen molar-refractivity contribution in [2.75, 3.05) is 10.8 Å². The summed E-state index contributed by atoms with van der Waals surface area (Å²) in [7, 11) is -4.18. The normalized spacial score (nSPS) is 12.9. The first-order valence-corrected chi connectivity index (χ1v) is 15.2. The second kappa shape index (κ2) is 13.5. The number of halogens is 2. The highest BCUT2D eigenvalue weighted by atomic mass is 79.9. The van der Waals surface area contributed by atoms with Crippen LogP contribution >= 0.6 is 27.5 Å². The van der Waals surface area contributed by atoms with E-state index in [1.165, 1.54) is 17.0 Å². The molecule has 7 nitrogen and oxygen atoms in total. The van der Waals surface area contributed by atoms with Gasteiger partial charge in [0.2, 0.25) is 11.8 Å². The lowest BCUT2D eigenvalue weighted by atomic mass is 10.1. The number of rotatable bonds is 11. The molecule has 0 bridgehead atoms. The van der Waals surface area contributed by atoms with Crippen LogP contribution in [-0.2, 0) is 26.2 Å². The van der Waals surface area contributed by atoms with Gasteiger partial charge in [-0.15, -0.1) is 0 Å². The third kappa shape index (κ3) is 7.84. The van der Waals surface area contributed by atoms with E-state index in [0.29, 0.717) is 0 Å². The van der Waals surface area contributed by atoms with Gasteiger partial charge in [0, 0.05) is 17.1 Å². The molecule has 1 N–H and O–H groups in total. The van der Waals surface area contributed by atoms with Gasteiger partial charge in [-0.1, -0.05) is 76.4 Å². The van der Waals surface area contributed by atoms with Gasteiger partial charge in [-0.25, -0.2) is 8.42 Å². The summed E-state index contributed by atoms with van der Waals surface area (Å²) in [5.74, 6) is -0.865. The van der Waals surface area contributed by atoms with E-state index in [2.05, 4.69) is 21.2 Å². The molecule has 2 atom stereocenters. The molecule has 0 radical (unpaired) electrons. The van der Waals surface area contributed by atoms with Crippen LogP contribution in [-0.4, -0.2) is 43.8 Å². The second-order valence-corrected chi connectivity index (χ2v) is 12.6. The second-order valence-electron chi connectivity index (χ2n) is 9.42. The molecule has 0 aliphatic carbocycles. The molecule has 0 saturated carbocycles. The van der Waals surface area contributed by atoms with E-state index >= 15 is 0 Å². The summed E-state index contributed by atoms with van der Waals surface area (Å²) in [6.45, 7) is 6.90. The van der Waals surface area contributed by atoms with Crippen molar-refractivity contribution in [1.29, 1.82) is 0 Å². The number of carbonyl (C=O) groups is 2. The van der Waals surface area contributed by atoms with Crippen molar-refractivity contribution in [3.8, 4) is 0 Å². The van der Waals surface area contributed by atoms with Crippen LogP contribution in [0, 0.1) is 6.92 Å². The van der Waals surface area contributed by atoms with Gasteiger partial charge in [-0.3, -0.25) is 13.9 Å². The molecule has 3 rings (SSSR count). The highest BCUT2D eigenvalue weighted by Crippen LogP contribution is 2.31. The Kier molecular flexibility index (Phi) is 10.6. The fraction of sp³-hybridized carbons (Fsp3) is 0.310. The first-order chi connectivity index (χ1) is 18.4. The monoisotopic (exact) mass is 633 g/mol. The summed E-state index contributed by atoms with van der Waals surface area (Å²) in [6, 6.07) is 19.3. The van der Waals surface area contributed by atoms with Crippen molar-refractivity contribution in [2.24, 2.45) is 0 Å². The van der Waals surface area contributed by atoms with Crippen LogP contribution in [0.5, 0.6) is 0 Å². The van der Waals surface area contributed by atoms with E-state index < -0.39 is 28.5 Å². The minimum Gasteiger partial charge on any atom is -0.352 e. The number of nitrogens with one attached hydrogen (secondary N) is 1. The summed E-state index contributed by atoms with van der Waals surface area (Å²) in [5.41, 5.74) is 1.86. The Hall–Kier alpha value is -2.88. The highest BCUT2D eigenvalue weighted by molar-refractivity contribution is 9.10. The molecule has 0 unspecified atom stereocenters. The average molecular weight is 635 g/mol. The standard InChI is InChI=1S/C29H33BrClN3O4S/c1-5-21(3)32-29(36)22(4)33(18-23-9-8-10-24(30)17-23)28(35)19-34(27-12-7-6-11-26(27)31)39(37,38)25-15-13-20(2)14-16-25/h6-17,21-22H,5,18-19H2,1-4H3,(H,32,36)/t21-,22-/m1/s1. The van der Waals surface area contributed by atoms with E-state index in [4.69, 9.17) is 11.6 Å². The maximum atomic E-state index is 13.9. The summed E-state index contributed by atoms with van der Waals surface area (Å²) in [4.78, 5) is 28.5. The Morgan fingerprint density at radius 2 is 1.67 bits per heavy atom. The molecule has 208 valence electrons. The van der Waals surface area contributed by atoms with E-state index in [1.807, 2.05) is 45.0 Å². The van der Waals surface area contributed by atoms with Crippen LogP contribution in [0.1, 0.15) is 38.3 Å². The van der Waals surface area contributed by atoms with Crippen molar-refractivity contribution in [3.05, 3.63) is 93.4 Å². The van der Waals surface area contributed by atoms with Crippen LogP contribution in [0.4, 0.5) is 5.69 Å². The van der Waals surface area contributed by atoms with Gasteiger partial charge in [0.25, 0.3) is 10.0 Å². The molecule has 0 heterocycles. The molecule has 0 aliphatic rings. The maximum Gasteiger partial charge on any atom is 0.264 e. The third-order valence-electron chi connectivity index (χ3n) is 6.42.